The van der Waals surface area contributed by atoms with Crippen molar-refractivity contribution in [1.29, 1.82) is 0 Å². The lowest BCUT2D eigenvalue weighted by Crippen LogP contribution is -2.51. The highest BCUT2D eigenvalue weighted by atomic mass is 16.5. The van der Waals surface area contributed by atoms with Crippen LogP contribution in [0.1, 0.15) is 77.1 Å². The third kappa shape index (κ3) is 7.46. The Morgan fingerprint density at radius 3 is 1.88 bits per heavy atom. The number of carbonyl (C=O) groups excluding carboxylic acids is 4. The van der Waals surface area contributed by atoms with Gasteiger partial charge in [0.2, 0.25) is 11.8 Å². The zero-order valence-electron chi connectivity index (χ0n) is 30.6. The average Bonchev–Trinajstić information content (AvgIpc) is 3.97. The van der Waals surface area contributed by atoms with Crippen LogP contribution in [0.15, 0.2) is 48.7 Å². The Hall–Kier alpha value is -5.40. The molecule has 4 unspecified atom stereocenters. The third-order valence-corrected chi connectivity index (χ3v) is 10.1. The van der Waals surface area contributed by atoms with Crippen molar-refractivity contribution in [2.45, 2.75) is 77.5 Å². The largest absolute Gasteiger partial charge is 0.453 e. The SMILES string of the molecule is COC(=O)NC(C(=O)N1CCCC1c1ncc(-c2cccc(-c3ccc4nc(C5CCCN5C(=O)C(NC(=O)OC)C(C)C)[nH]c4c3)c2)[nH]1)C(C)C. The molecule has 2 aromatic carbocycles. The van der Waals surface area contributed by atoms with Gasteiger partial charge >= 0.3 is 12.2 Å². The smallest absolute Gasteiger partial charge is 0.407 e. The van der Waals surface area contributed by atoms with Crippen molar-refractivity contribution in [3.05, 3.63) is 60.3 Å². The number of aromatic amines is 2. The van der Waals surface area contributed by atoms with Gasteiger partial charge in [0, 0.05) is 18.7 Å². The molecule has 14 heteroatoms. The van der Waals surface area contributed by atoms with Gasteiger partial charge in [0.05, 0.1) is 49.2 Å². The van der Waals surface area contributed by atoms with Crippen molar-refractivity contribution >= 4 is 35.0 Å². The summed E-state index contributed by atoms with van der Waals surface area (Å²) in [6.45, 7) is 8.75. The number of carbonyl (C=O) groups is 4. The molecule has 2 saturated heterocycles. The van der Waals surface area contributed by atoms with Crippen molar-refractivity contribution in [3.8, 4) is 22.4 Å². The number of amides is 4. The molecule has 4 amide bonds. The summed E-state index contributed by atoms with van der Waals surface area (Å²) < 4.78 is 9.52. The number of alkyl carbamates (subject to hydrolysis) is 2. The minimum Gasteiger partial charge on any atom is -0.453 e. The number of nitrogens with one attached hydrogen (secondary N) is 4. The third-order valence-electron chi connectivity index (χ3n) is 10.1. The number of nitrogens with zero attached hydrogens (tertiary/aromatic N) is 4. The van der Waals surface area contributed by atoms with Crippen LogP contribution in [-0.4, -0.2) is 93.1 Å². The number of likely N-dealkylation sites (tertiary alicyclic amines) is 2. The normalized spacial score (nSPS) is 18.5. The first-order valence-electron chi connectivity index (χ1n) is 17.9. The number of hydrogen-bond donors (Lipinski definition) is 4. The predicted octanol–water partition coefficient (Wildman–Crippen LogP) is 5.71. The highest BCUT2D eigenvalue weighted by molar-refractivity contribution is 5.88. The second-order valence-electron chi connectivity index (χ2n) is 14.2. The predicted molar refractivity (Wildman–Crippen MR) is 195 cm³/mol. The van der Waals surface area contributed by atoms with E-state index in [1.165, 1.54) is 14.2 Å². The molecule has 0 saturated carbocycles. The number of hydrogen-bond acceptors (Lipinski definition) is 8. The van der Waals surface area contributed by atoms with E-state index in [9.17, 15) is 19.2 Å². The minimum absolute atomic E-state index is 0.115. The van der Waals surface area contributed by atoms with Crippen LogP contribution in [0.5, 0.6) is 0 Å². The molecule has 0 aliphatic carbocycles. The number of ether oxygens (including phenoxy) is 2. The van der Waals surface area contributed by atoms with E-state index in [2.05, 4.69) is 38.8 Å². The zero-order chi connectivity index (χ0) is 37.1. The number of imidazole rings is 2. The second kappa shape index (κ2) is 15.5. The van der Waals surface area contributed by atoms with E-state index in [0.717, 1.165) is 64.9 Å². The summed E-state index contributed by atoms with van der Waals surface area (Å²) in [5.74, 6) is 0.900. The van der Waals surface area contributed by atoms with Crippen LogP contribution in [-0.2, 0) is 19.1 Å². The molecule has 0 spiro atoms. The summed E-state index contributed by atoms with van der Waals surface area (Å²) in [5.41, 5.74) is 5.45. The molecular weight excluding hydrogens is 664 g/mol. The number of methoxy groups -OCH3 is 2. The Bertz CT molecular complexity index is 1930. The maximum Gasteiger partial charge on any atom is 0.407 e. The lowest BCUT2D eigenvalue weighted by Gasteiger charge is -2.30. The molecule has 2 fully saturated rings. The van der Waals surface area contributed by atoms with Crippen LogP contribution in [0.2, 0.25) is 0 Å². The van der Waals surface area contributed by atoms with E-state index in [1.54, 1.807) is 11.1 Å². The first-order chi connectivity index (χ1) is 25.0. The lowest BCUT2D eigenvalue weighted by atomic mass is 10.0. The monoisotopic (exact) mass is 712 g/mol. The molecular formula is C38H48N8O6. The Labute approximate surface area is 303 Å². The summed E-state index contributed by atoms with van der Waals surface area (Å²) in [6.07, 6.45) is 3.75. The molecule has 4 aromatic rings. The van der Waals surface area contributed by atoms with Gasteiger partial charge in [-0.25, -0.2) is 19.6 Å². The van der Waals surface area contributed by atoms with Gasteiger partial charge in [-0.05, 0) is 66.8 Å². The van der Waals surface area contributed by atoms with Gasteiger partial charge in [0.25, 0.3) is 0 Å². The first kappa shape index (κ1) is 36.4. The number of fused-ring (bicyclic) bond motifs is 1. The summed E-state index contributed by atoms with van der Waals surface area (Å²) in [4.78, 5) is 71.3. The van der Waals surface area contributed by atoms with Crippen molar-refractivity contribution in [3.63, 3.8) is 0 Å². The molecule has 52 heavy (non-hydrogen) atoms. The standard InChI is InChI=1S/C38H48N8O6/c1-21(2)31(43-37(49)51-5)35(47)45-16-8-12-29(45)33-39-20-28(42-33)25-11-7-10-23(18-25)24-14-15-26-27(19-24)41-34(40-26)30-13-9-17-46(30)36(48)32(22(3)4)44-38(50)52-6/h7,10-11,14-15,18-22,29-32H,8-9,12-13,16-17H2,1-6H3,(H,39,42)(H,40,41)(H,43,49)(H,44,50). The summed E-state index contributed by atoms with van der Waals surface area (Å²) in [5, 5.41) is 5.39. The van der Waals surface area contributed by atoms with Crippen LogP contribution >= 0.6 is 0 Å². The van der Waals surface area contributed by atoms with Gasteiger partial charge in [0.15, 0.2) is 0 Å². The van der Waals surface area contributed by atoms with Crippen LogP contribution in [0.3, 0.4) is 0 Å². The van der Waals surface area contributed by atoms with Crippen molar-refractivity contribution < 1.29 is 28.7 Å². The molecule has 0 bridgehead atoms. The van der Waals surface area contributed by atoms with Crippen molar-refractivity contribution in [1.82, 2.24) is 40.4 Å². The van der Waals surface area contributed by atoms with Crippen LogP contribution in [0.4, 0.5) is 9.59 Å². The number of aromatic nitrogens is 4. The molecule has 2 aromatic heterocycles. The van der Waals surface area contributed by atoms with Gasteiger partial charge in [-0.2, -0.15) is 0 Å². The quantitative estimate of drug-likeness (QED) is 0.162. The topological polar surface area (TPSA) is 175 Å². The van der Waals surface area contributed by atoms with Gasteiger partial charge in [0.1, 0.15) is 23.7 Å². The van der Waals surface area contributed by atoms with Crippen LogP contribution in [0, 0.1) is 11.8 Å². The first-order valence-corrected chi connectivity index (χ1v) is 17.9. The molecule has 0 radical (unpaired) electrons. The molecule has 4 atom stereocenters. The van der Waals surface area contributed by atoms with Gasteiger partial charge in [-0.1, -0.05) is 52.0 Å². The fourth-order valence-electron chi connectivity index (χ4n) is 7.27. The summed E-state index contributed by atoms with van der Waals surface area (Å²) in [7, 11) is 2.57. The summed E-state index contributed by atoms with van der Waals surface area (Å²) >= 11 is 0. The van der Waals surface area contributed by atoms with Crippen LogP contribution in [0.25, 0.3) is 33.4 Å². The molecule has 276 valence electrons. The highest BCUT2D eigenvalue weighted by Gasteiger charge is 2.39. The van der Waals surface area contributed by atoms with Gasteiger partial charge in [-0.3, -0.25) is 9.59 Å². The van der Waals surface area contributed by atoms with E-state index < -0.39 is 24.3 Å². The average molecular weight is 713 g/mol. The molecule has 4 N–H and O–H groups in total. The number of rotatable bonds is 10. The lowest BCUT2D eigenvalue weighted by molar-refractivity contribution is -0.136. The second-order valence-corrected chi connectivity index (χ2v) is 14.2. The van der Waals surface area contributed by atoms with E-state index in [-0.39, 0.29) is 35.7 Å². The highest BCUT2D eigenvalue weighted by Crippen LogP contribution is 2.35. The Balaban J connectivity index is 1.20. The molecule has 4 heterocycles. The minimum atomic E-state index is -0.700. The fraction of sp³-hybridized carbons (Fsp3) is 0.474. The number of H-pyrrole nitrogens is 2. The molecule has 2 aliphatic rings. The molecule has 2 aliphatic heterocycles. The van der Waals surface area contributed by atoms with E-state index in [0.29, 0.717) is 18.9 Å². The maximum atomic E-state index is 13.6. The van der Waals surface area contributed by atoms with Crippen molar-refractivity contribution in [2.75, 3.05) is 27.3 Å². The maximum absolute atomic E-state index is 13.6. The summed E-state index contributed by atoms with van der Waals surface area (Å²) in [6, 6.07) is 12.4. The molecule has 6 rings (SSSR count). The van der Waals surface area contributed by atoms with Crippen LogP contribution < -0.4 is 10.6 Å². The van der Waals surface area contributed by atoms with Crippen molar-refractivity contribution in [2.24, 2.45) is 11.8 Å². The van der Waals surface area contributed by atoms with E-state index in [1.807, 2.05) is 56.9 Å². The zero-order valence-corrected chi connectivity index (χ0v) is 30.6. The van der Waals surface area contributed by atoms with Gasteiger partial charge < -0.3 is 39.9 Å². The van der Waals surface area contributed by atoms with E-state index >= 15 is 0 Å². The Morgan fingerprint density at radius 1 is 0.750 bits per heavy atom. The number of benzene rings is 2. The molecule has 14 nitrogen and oxygen atoms in total. The fourth-order valence-corrected chi connectivity index (χ4v) is 7.27. The Morgan fingerprint density at radius 2 is 1.31 bits per heavy atom. The van der Waals surface area contributed by atoms with Gasteiger partial charge in [-0.15, -0.1) is 0 Å². The van der Waals surface area contributed by atoms with E-state index in [4.69, 9.17) is 19.4 Å². The Kier molecular flexibility index (Phi) is 10.8.